The SMILES string of the molecule is CC(C)(C)c1ccc2c(c1)B1c3ccc(C(C)(C)C)cc3N(c3ccc(-c4cccc5c4oc4ccccc45)cc3)c3cc(C(C)(C)C)cc(c31)N2c1ccc2c(c1)oc1ccccc12. The number of fused-ring (bicyclic) bond motifs is 10. The van der Waals surface area contributed by atoms with Gasteiger partial charge < -0.3 is 18.6 Å². The van der Waals surface area contributed by atoms with Crippen LogP contribution in [-0.4, -0.2) is 6.71 Å². The predicted octanol–water partition coefficient (Wildman–Crippen LogP) is 15.1. The molecule has 2 aromatic heterocycles. The van der Waals surface area contributed by atoms with Crippen LogP contribution in [0.15, 0.2) is 167 Å². The first-order chi connectivity index (χ1) is 31.1. The Hall–Kier alpha value is -6.98. The first-order valence-corrected chi connectivity index (χ1v) is 23.1. The number of anilines is 6. The van der Waals surface area contributed by atoms with Crippen LogP contribution in [-0.2, 0) is 16.2 Å². The summed E-state index contributed by atoms with van der Waals surface area (Å²) in [4.78, 5) is 5.07. The second-order valence-corrected chi connectivity index (χ2v) is 21.4. The van der Waals surface area contributed by atoms with Gasteiger partial charge in [-0.3, -0.25) is 0 Å². The Labute approximate surface area is 382 Å². The molecule has 0 aliphatic carbocycles. The van der Waals surface area contributed by atoms with Gasteiger partial charge in [0.2, 0.25) is 0 Å². The van der Waals surface area contributed by atoms with E-state index in [0.29, 0.717) is 0 Å². The van der Waals surface area contributed by atoms with E-state index in [2.05, 4.69) is 218 Å². The van der Waals surface area contributed by atoms with Crippen LogP contribution in [0, 0.1) is 0 Å². The predicted molar refractivity (Wildman–Crippen MR) is 277 cm³/mol. The summed E-state index contributed by atoms with van der Waals surface area (Å²) in [6, 6.07) is 58.6. The summed E-state index contributed by atoms with van der Waals surface area (Å²) in [5, 5.41) is 4.54. The second kappa shape index (κ2) is 13.8. The molecule has 10 aromatic rings. The maximum Gasteiger partial charge on any atom is 0.252 e. The van der Waals surface area contributed by atoms with Gasteiger partial charge in [-0.15, -0.1) is 0 Å². The summed E-state index contributed by atoms with van der Waals surface area (Å²) in [6.45, 7) is 20.9. The molecule has 0 saturated carbocycles. The van der Waals surface area contributed by atoms with Crippen molar-refractivity contribution in [2.45, 2.75) is 78.6 Å². The lowest BCUT2D eigenvalue weighted by Gasteiger charge is -2.45. The Morgan fingerprint density at radius 1 is 0.385 bits per heavy atom. The fourth-order valence-electron chi connectivity index (χ4n) is 10.5. The molecule has 65 heavy (non-hydrogen) atoms. The second-order valence-electron chi connectivity index (χ2n) is 21.4. The van der Waals surface area contributed by atoms with Crippen LogP contribution >= 0.6 is 0 Å². The number of benzene rings is 8. The lowest BCUT2D eigenvalue weighted by molar-refractivity contribution is 0.589. The van der Waals surface area contributed by atoms with Gasteiger partial charge in [0.25, 0.3) is 6.71 Å². The molecule has 0 unspecified atom stereocenters. The molecule has 12 rings (SSSR count). The van der Waals surface area contributed by atoms with E-state index < -0.39 is 0 Å². The Balaban J connectivity index is 1.13. The molecule has 2 aliphatic heterocycles. The van der Waals surface area contributed by atoms with E-state index in [1.165, 1.54) is 55.8 Å². The number of hydrogen-bond acceptors (Lipinski definition) is 4. The van der Waals surface area contributed by atoms with Crippen molar-refractivity contribution in [3.8, 4) is 11.1 Å². The molecule has 4 nitrogen and oxygen atoms in total. The van der Waals surface area contributed by atoms with Gasteiger partial charge in [0, 0.05) is 67.3 Å². The zero-order valence-corrected chi connectivity index (χ0v) is 38.8. The van der Waals surface area contributed by atoms with E-state index in [0.717, 1.165) is 66.4 Å². The molecular formula is C60H53BN2O2. The first kappa shape index (κ1) is 39.6. The van der Waals surface area contributed by atoms with Crippen LogP contribution in [0.3, 0.4) is 0 Å². The summed E-state index contributed by atoms with van der Waals surface area (Å²) < 4.78 is 13.1. The average molecular weight is 845 g/mol. The average Bonchev–Trinajstić information content (AvgIpc) is 3.86. The minimum atomic E-state index is -0.139. The molecule has 0 radical (unpaired) electrons. The third-order valence-corrected chi connectivity index (χ3v) is 14.1. The summed E-state index contributed by atoms with van der Waals surface area (Å²) in [5.74, 6) is 0. The number of nitrogens with zero attached hydrogens (tertiary/aromatic N) is 2. The molecule has 5 heteroatoms. The normalized spacial score (nSPS) is 13.8. The zero-order valence-electron chi connectivity index (χ0n) is 38.8. The maximum absolute atomic E-state index is 6.58. The van der Waals surface area contributed by atoms with Gasteiger partial charge in [0.15, 0.2) is 0 Å². The summed E-state index contributed by atoms with van der Waals surface area (Å²) >= 11 is 0. The molecule has 0 saturated heterocycles. The topological polar surface area (TPSA) is 32.8 Å². The Bertz CT molecular complexity index is 3570. The highest BCUT2D eigenvalue weighted by molar-refractivity contribution is 7.00. The highest BCUT2D eigenvalue weighted by Gasteiger charge is 2.45. The van der Waals surface area contributed by atoms with Gasteiger partial charge in [-0.05, 0) is 116 Å². The fraction of sp³-hybridized carbons (Fsp3) is 0.200. The summed E-state index contributed by atoms with van der Waals surface area (Å²) in [5.41, 5.74) is 20.5. The van der Waals surface area contributed by atoms with Crippen LogP contribution in [0.2, 0.25) is 0 Å². The molecule has 0 N–H and O–H groups in total. The molecule has 0 bridgehead atoms. The van der Waals surface area contributed by atoms with Gasteiger partial charge in [0.05, 0.1) is 0 Å². The smallest absolute Gasteiger partial charge is 0.252 e. The molecule has 4 heterocycles. The molecule has 8 aromatic carbocycles. The van der Waals surface area contributed by atoms with Crippen LogP contribution < -0.4 is 26.2 Å². The molecule has 0 fully saturated rings. The maximum atomic E-state index is 6.58. The number of para-hydroxylation sites is 3. The van der Waals surface area contributed by atoms with Gasteiger partial charge >= 0.3 is 0 Å². The van der Waals surface area contributed by atoms with Gasteiger partial charge in [0.1, 0.15) is 22.3 Å². The Morgan fingerprint density at radius 3 is 1.63 bits per heavy atom. The molecule has 0 spiro atoms. The number of furan rings is 2. The Morgan fingerprint density at radius 2 is 0.938 bits per heavy atom. The minimum Gasteiger partial charge on any atom is -0.456 e. The van der Waals surface area contributed by atoms with E-state index >= 15 is 0 Å². The van der Waals surface area contributed by atoms with Crippen molar-refractivity contribution in [1.82, 2.24) is 0 Å². The summed E-state index contributed by atoms with van der Waals surface area (Å²) in [7, 11) is 0. The van der Waals surface area contributed by atoms with E-state index in [1.54, 1.807) is 0 Å². The monoisotopic (exact) mass is 844 g/mol. The van der Waals surface area contributed by atoms with Crippen molar-refractivity contribution in [3.05, 3.63) is 174 Å². The molecular weight excluding hydrogens is 791 g/mol. The zero-order chi connectivity index (χ0) is 44.7. The van der Waals surface area contributed by atoms with Crippen molar-refractivity contribution in [2.75, 3.05) is 9.80 Å². The van der Waals surface area contributed by atoms with Crippen LogP contribution in [0.1, 0.15) is 79.0 Å². The Kier molecular flexibility index (Phi) is 8.39. The van der Waals surface area contributed by atoms with Crippen LogP contribution in [0.5, 0.6) is 0 Å². The van der Waals surface area contributed by atoms with Gasteiger partial charge in [-0.2, -0.15) is 0 Å². The van der Waals surface area contributed by atoms with Crippen molar-refractivity contribution in [3.63, 3.8) is 0 Å². The van der Waals surface area contributed by atoms with Gasteiger partial charge in [-0.1, -0.05) is 153 Å². The largest absolute Gasteiger partial charge is 0.456 e. The highest BCUT2D eigenvalue weighted by atomic mass is 16.3. The van der Waals surface area contributed by atoms with E-state index in [-0.39, 0.29) is 23.0 Å². The highest BCUT2D eigenvalue weighted by Crippen LogP contribution is 2.48. The number of rotatable bonds is 3. The standard InChI is InChI=1S/C60H53BN2O2/c1-58(2,3)37-24-30-49-48(31-37)61-47-29-23-38(59(4,5)6)32-50(47)62(40-25-21-36(22-26-40)42-17-14-18-46-44-16-11-13-20-54(44)65-57(42)46)51-33-39(60(7,8)9)34-52(56(51)61)63(49)41-27-28-45-43-15-10-12-19-53(43)64-55(45)35-41/h10-35H,1-9H3. The third kappa shape index (κ3) is 6.12. The molecule has 0 atom stereocenters. The summed E-state index contributed by atoms with van der Waals surface area (Å²) in [6.07, 6.45) is 0. The van der Waals surface area contributed by atoms with E-state index in [4.69, 9.17) is 8.83 Å². The van der Waals surface area contributed by atoms with E-state index in [9.17, 15) is 0 Å². The minimum absolute atomic E-state index is 0.00253. The molecule has 0 amide bonds. The van der Waals surface area contributed by atoms with E-state index in [1.807, 2.05) is 12.1 Å². The molecule has 2 aliphatic rings. The van der Waals surface area contributed by atoms with Crippen LogP contribution in [0.25, 0.3) is 55.0 Å². The number of hydrogen-bond donors (Lipinski definition) is 0. The van der Waals surface area contributed by atoms with Gasteiger partial charge in [-0.25, -0.2) is 0 Å². The lowest BCUT2D eigenvalue weighted by atomic mass is 9.33. The third-order valence-electron chi connectivity index (χ3n) is 14.1. The van der Waals surface area contributed by atoms with Crippen LogP contribution in [0.4, 0.5) is 34.1 Å². The molecule has 318 valence electrons. The first-order valence-electron chi connectivity index (χ1n) is 23.1. The van der Waals surface area contributed by atoms with Crippen molar-refractivity contribution >= 4 is 101 Å². The lowest BCUT2D eigenvalue weighted by Crippen LogP contribution is -2.61. The van der Waals surface area contributed by atoms with Crippen molar-refractivity contribution in [1.29, 1.82) is 0 Å². The van der Waals surface area contributed by atoms with Crippen molar-refractivity contribution in [2.24, 2.45) is 0 Å². The quantitative estimate of drug-likeness (QED) is 0.166. The fourth-order valence-corrected chi connectivity index (χ4v) is 10.5. The van der Waals surface area contributed by atoms with Crippen molar-refractivity contribution < 1.29 is 8.83 Å².